The molecule has 1 fully saturated rings. The molecular formula is C23H19N3O4. The minimum atomic E-state index is -1.13. The first-order valence-electron chi connectivity index (χ1n) is 9.77. The molecule has 0 spiro atoms. The number of fused-ring (bicyclic) bond motifs is 3. The second-order valence-corrected chi connectivity index (χ2v) is 7.60. The van der Waals surface area contributed by atoms with Crippen LogP contribution in [0.5, 0.6) is 0 Å². The van der Waals surface area contributed by atoms with Crippen molar-refractivity contribution in [3.8, 4) is 11.1 Å². The van der Waals surface area contributed by atoms with E-state index in [0.29, 0.717) is 18.7 Å². The molecule has 1 amide bonds. The predicted molar refractivity (Wildman–Crippen MR) is 108 cm³/mol. The van der Waals surface area contributed by atoms with E-state index < -0.39 is 17.6 Å². The lowest BCUT2D eigenvalue weighted by molar-refractivity contribution is 0.0689. The van der Waals surface area contributed by atoms with Crippen molar-refractivity contribution in [2.45, 2.75) is 24.3 Å². The summed E-state index contributed by atoms with van der Waals surface area (Å²) < 4.78 is 5.59. The van der Waals surface area contributed by atoms with Gasteiger partial charge in [-0.25, -0.2) is 19.6 Å². The Balaban J connectivity index is 1.31. The number of alkyl carbamates (subject to hydrolysis) is 1. The summed E-state index contributed by atoms with van der Waals surface area (Å²) in [7, 11) is 0. The molecule has 5 rings (SSSR count). The molecule has 3 aromatic rings. The normalized spacial score (nSPS) is 15.7. The van der Waals surface area contributed by atoms with Crippen LogP contribution in [-0.4, -0.2) is 33.7 Å². The van der Waals surface area contributed by atoms with Crippen LogP contribution in [0.4, 0.5) is 4.79 Å². The highest BCUT2D eigenvalue weighted by molar-refractivity contribution is 5.85. The van der Waals surface area contributed by atoms with Crippen molar-refractivity contribution in [1.82, 2.24) is 15.3 Å². The molecule has 7 heteroatoms. The van der Waals surface area contributed by atoms with Gasteiger partial charge in [-0.15, -0.1) is 0 Å². The fourth-order valence-electron chi connectivity index (χ4n) is 4.07. The number of nitrogens with zero attached hydrogens (tertiary/aromatic N) is 2. The second-order valence-electron chi connectivity index (χ2n) is 7.60. The SMILES string of the molecule is O=C(NC1(c2nccc(C(=O)O)n2)CC1)OCC1c2ccccc2-c2ccccc21. The molecule has 2 aromatic carbocycles. The van der Waals surface area contributed by atoms with Gasteiger partial charge in [-0.05, 0) is 41.2 Å². The third kappa shape index (κ3) is 3.08. The van der Waals surface area contributed by atoms with Gasteiger partial charge in [0, 0.05) is 12.1 Å². The average Bonchev–Trinajstić information content (AvgIpc) is 3.48. The van der Waals surface area contributed by atoms with E-state index in [1.165, 1.54) is 23.4 Å². The molecule has 0 bridgehead atoms. The van der Waals surface area contributed by atoms with Crippen molar-refractivity contribution in [1.29, 1.82) is 0 Å². The van der Waals surface area contributed by atoms with Crippen LogP contribution in [0.3, 0.4) is 0 Å². The molecule has 0 radical (unpaired) electrons. The van der Waals surface area contributed by atoms with E-state index in [2.05, 4.69) is 39.6 Å². The van der Waals surface area contributed by atoms with E-state index in [1.54, 1.807) is 0 Å². The Hall–Kier alpha value is -3.74. The molecule has 30 heavy (non-hydrogen) atoms. The van der Waals surface area contributed by atoms with E-state index in [1.807, 2.05) is 24.3 Å². The standard InChI is InChI=1S/C23H19N3O4/c27-20(28)19-9-12-24-21(25-19)23(10-11-23)26-22(29)30-13-18-16-7-3-1-5-14(16)15-6-2-4-8-17(15)18/h1-9,12,18H,10-11,13H2,(H,26,29)(H,27,28). The van der Waals surface area contributed by atoms with Crippen LogP contribution in [-0.2, 0) is 10.3 Å². The molecular weight excluding hydrogens is 382 g/mol. The van der Waals surface area contributed by atoms with Gasteiger partial charge in [-0.1, -0.05) is 48.5 Å². The Bertz CT molecular complexity index is 1110. The predicted octanol–water partition coefficient (Wildman–Crippen LogP) is 3.70. The largest absolute Gasteiger partial charge is 0.477 e. The molecule has 1 aromatic heterocycles. The lowest BCUT2D eigenvalue weighted by atomic mass is 9.98. The van der Waals surface area contributed by atoms with E-state index in [-0.39, 0.29) is 18.2 Å². The van der Waals surface area contributed by atoms with Gasteiger partial charge in [0.05, 0.1) is 0 Å². The van der Waals surface area contributed by atoms with E-state index in [0.717, 1.165) is 11.1 Å². The number of benzene rings is 2. The number of carbonyl (C=O) groups is 2. The quantitative estimate of drug-likeness (QED) is 0.676. The molecule has 150 valence electrons. The number of aromatic nitrogens is 2. The summed E-state index contributed by atoms with van der Waals surface area (Å²) in [5, 5.41) is 12.0. The topological polar surface area (TPSA) is 101 Å². The third-order valence-corrected chi connectivity index (χ3v) is 5.74. The van der Waals surface area contributed by atoms with Crippen LogP contribution < -0.4 is 5.32 Å². The number of carboxylic acid groups (broad SMARTS) is 1. The van der Waals surface area contributed by atoms with Crippen LogP contribution in [0.2, 0.25) is 0 Å². The number of nitrogens with one attached hydrogen (secondary N) is 1. The van der Waals surface area contributed by atoms with Gasteiger partial charge in [-0.3, -0.25) is 0 Å². The second kappa shape index (κ2) is 6.95. The molecule has 7 nitrogen and oxygen atoms in total. The molecule has 2 aliphatic rings. The fourth-order valence-corrected chi connectivity index (χ4v) is 4.07. The summed E-state index contributed by atoms with van der Waals surface area (Å²) in [5.41, 5.74) is 3.77. The molecule has 0 aliphatic heterocycles. The van der Waals surface area contributed by atoms with Gasteiger partial charge in [0.25, 0.3) is 0 Å². The van der Waals surface area contributed by atoms with Crippen molar-refractivity contribution in [2.24, 2.45) is 0 Å². The number of hydrogen-bond donors (Lipinski definition) is 2. The first-order chi connectivity index (χ1) is 14.6. The number of ether oxygens (including phenoxy) is 1. The van der Waals surface area contributed by atoms with Gasteiger partial charge in [0.1, 0.15) is 12.1 Å². The summed E-state index contributed by atoms with van der Waals surface area (Å²) in [6, 6.07) is 17.6. The minimum absolute atomic E-state index is 0.0232. The third-order valence-electron chi connectivity index (χ3n) is 5.74. The van der Waals surface area contributed by atoms with Crippen molar-refractivity contribution < 1.29 is 19.4 Å². The van der Waals surface area contributed by atoms with Crippen LogP contribution in [0.15, 0.2) is 60.8 Å². The van der Waals surface area contributed by atoms with Crippen LogP contribution in [0.1, 0.15) is 46.2 Å². The van der Waals surface area contributed by atoms with Gasteiger partial charge in [-0.2, -0.15) is 0 Å². The monoisotopic (exact) mass is 401 g/mol. The van der Waals surface area contributed by atoms with Crippen LogP contribution >= 0.6 is 0 Å². The lowest BCUT2D eigenvalue weighted by Gasteiger charge is -2.18. The summed E-state index contributed by atoms with van der Waals surface area (Å²) in [6.45, 7) is 0.214. The van der Waals surface area contributed by atoms with Crippen LogP contribution in [0, 0.1) is 0 Å². The highest BCUT2D eigenvalue weighted by atomic mass is 16.5. The summed E-state index contributed by atoms with van der Waals surface area (Å²) in [6.07, 6.45) is 2.12. The number of aromatic carboxylic acids is 1. The summed E-state index contributed by atoms with van der Waals surface area (Å²) >= 11 is 0. The number of carboxylic acids is 1. The zero-order chi connectivity index (χ0) is 20.7. The molecule has 0 saturated heterocycles. The smallest absolute Gasteiger partial charge is 0.407 e. The average molecular weight is 401 g/mol. The molecule has 2 N–H and O–H groups in total. The van der Waals surface area contributed by atoms with Gasteiger partial charge < -0.3 is 15.2 Å². The highest BCUT2D eigenvalue weighted by Gasteiger charge is 2.49. The molecule has 0 atom stereocenters. The van der Waals surface area contributed by atoms with Crippen molar-refractivity contribution in [3.63, 3.8) is 0 Å². The van der Waals surface area contributed by atoms with Crippen LogP contribution in [0.25, 0.3) is 11.1 Å². The number of amides is 1. The van der Waals surface area contributed by atoms with Gasteiger partial charge >= 0.3 is 12.1 Å². The van der Waals surface area contributed by atoms with E-state index in [9.17, 15) is 9.59 Å². The summed E-state index contributed by atoms with van der Waals surface area (Å²) in [5.74, 6) is -0.851. The first kappa shape index (κ1) is 18.3. The number of rotatable bonds is 5. The van der Waals surface area contributed by atoms with Crippen molar-refractivity contribution in [3.05, 3.63) is 83.4 Å². The first-order valence-corrected chi connectivity index (χ1v) is 9.77. The Morgan fingerprint density at radius 3 is 2.27 bits per heavy atom. The van der Waals surface area contributed by atoms with Crippen molar-refractivity contribution in [2.75, 3.05) is 6.61 Å². The fraction of sp³-hybridized carbons (Fsp3) is 0.217. The minimum Gasteiger partial charge on any atom is -0.477 e. The maximum atomic E-state index is 12.6. The molecule has 1 saturated carbocycles. The van der Waals surface area contributed by atoms with Gasteiger partial charge in [0.15, 0.2) is 11.5 Å². The zero-order valence-electron chi connectivity index (χ0n) is 16.0. The molecule has 2 aliphatic carbocycles. The highest BCUT2D eigenvalue weighted by Crippen LogP contribution is 2.45. The Morgan fingerprint density at radius 2 is 1.67 bits per heavy atom. The van der Waals surface area contributed by atoms with Crippen molar-refractivity contribution >= 4 is 12.1 Å². The maximum absolute atomic E-state index is 12.6. The summed E-state index contributed by atoms with van der Waals surface area (Å²) in [4.78, 5) is 32.0. The Labute approximate surface area is 172 Å². The maximum Gasteiger partial charge on any atom is 0.407 e. The zero-order valence-corrected chi connectivity index (χ0v) is 16.0. The lowest BCUT2D eigenvalue weighted by Crippen LogP contribution is -2.37. The van der Waals surface area contributed by atoms with E-state index >= 15 is 0 Å². The molecule has 0 unspecified atom stereocenters. The number of carbonyl (C=O) groups excluding carboxylic acids is 1. The van der Waals surface area contributed by atoms with E-state index in [4.69, 9.17) is 9.84 Å². The van der Waals surface area contributed by atoms with Gasteiger partial charge in [0.2, 0.25) is 0 Å². The molecule has 1 heterocycles. The number of hydrogen-bond acceptors (Lipinski definition) is 5. The Morgan fingerprint density at radius 1 is 1.03 bits per heavy atom. The Kier molecular flexibility index (Phi) is 4.24.